The molecule has 0 radical (unpaired) electrons. The van der Waals surface area contributed by atoms with Crippen LogP contribution in [0, 0.1) is 5.92 Å². The first-order valence-electron chi connectivity index (χ1n) is 8.40. The SMILES string of the molecule is O=C(CN1CCC(CO)CC1)NC1CCCCCCC1. The van der Waals surface area contributed by atoms with Gasteiger partial charge >= 0.3 is 0 Å². The zero-order chi connectivity index (χ0) is 14.2. The lowest BCUT2D eigenvalue weighted by molar-refractivity contribution is -0.123. The standard InChI is InChI=1S/C16H30N2O2/c19-13-14-8-10-18(11-9-14)12-16(20)17-15-6-4-2-1-3-5-7-15/h14-15,19H,1-13H2,(H,17,20). The minimum Gasteiger partial charge on any atom is -0.396 e. The number of nitrogens with one attached hydrogen (secondary N) is 1. The molecule has 1 aliphatic carbocycles. The summed E-state index contributed by atoms with van der Waals surface area (Å²) in [6.45, 7) is 2.73. The van der Waals surface area contributed by atoms with Crippen molar-refractivity contribution in [2.75, 3.05) is 26.2 Å². The third-order valence-electron chi connectivity index (χ3n) is 4.80. The maximum absolute atomic E-state index is 12.1. The zero-order valence-corrected chi connectivity index (χ0v) is 12.6. The lowest BCUT2D eigenvalue weighted by Crippen LogP contribution is -2.45. The first-order valence-corrected chi connectivity index (χ1v) is 8.40. The van der Waals surface area contributed by atoms with Crippen molar-refractivity contribution in [1.82, 2.24) is 10.2 Å². The van der Waals surface area contributed by atoms with Crippen molar-refractivity contribution in [1.29, 1.82) is 0 Å². The summed E-state index contributed by atoms with van der Waals surface area (Å²) in [7, 11) is 0. The molecular weight excluding hydrogens is 252 g/mol. The third-order valence-corrected chi connectivity index (χ3v) is 4.80. The molecule has 1 saturated heterocycles. The van der Waals surface area contributed by atoms with Gasteiger partial charge in [-0.25, -0.2) is 0 Å². The lowest BCUT2D eigenvalue weighted by Gasteiger charge is -2.31. The highest BCUT2D eigenvalue weighted by Gasteiger charge is 2.21. The number of rotatable bonds is 4. The Hall–Kier alpha value is -0.610. The van der Waals surface area contributed by atoms with Crippen molar-refractivity contribution in [2.24, 2.45) is 5.92 Å². The largest absolute Gasteiger partial charge is 0.396 e. The van der Waals surface area contributed by atoms with Crippen LogP contribution in [0.3, 0.4) is 0 Å². The normalized spacial score (nSPS) is 24.1. The van der Waals surface area contributed by atoms with E-state index in [1.54, 1.807) is 0 Å². The molecule has 0 aromatic rings. The fourth-order valence-corrected chi connectivity index (χ4v) is 3.40. The quantitative estimate of drug-likeness (QED) is 0.828. The molecule has 2 N–H and O–H groups in total. The number of amides is 1. The Kier molecular flexibility index (Phi) is 6.80. The van der Waals surface area contributed by atoms with Gasteiger partial charge in [0, 0.05) is 12.6 Å². The predicted molar refractivity (Wildman–Crippen MR) is 80.5 cm³/mol. The molecule has 116 valence electrons. The Morgan fingerprint density at radius 1 is 1.00 bits per heavy atom. The summed E-state index contributed by atoms with van der Waals surface area (Å²) in [5.41, 5.74) is 0. The highest BCUT2D eigenvalue weighted by atomic mass is 16.3. The molecule has 4 heteroatoms. The van der Waals surface area contributed by atoms with Gasteiger partial charge in [0.2, 0.25) is 5.91 Å². The number of nitrogens with zero attached hydrogens (tertiary/aromatic N) is 1. The molecule has 1 amide bonds. The molecule has 0 aromatic carbocycles. The molecule has 0 bridgehead atoms. The topological polar surface area (TPSA) is 52.6 Å². The fraction of sp³-hybridized carbons (Fsp3) is 0.938. The number of hydrogen-bond acceptors (Lipinski definition) is 3. The summed E-state index contributed by atoms with van der Waals surface area (Å²) in [6.07, 6.45) is 10.9. The summed E-state index contributed by atoms with van der Waals surface area (Å²) in [4.78, 5) is 14.4. The summed E-state index contributed by atoms with van der Waals surface area (Å²) >= 11 is 0. The van der Waals surface area contributed by atoms with Gasteiger partial charge in [-0.05, 0) is 44.7 Å². The number of likely N-dealkylation sites (tertiary alicyclic amines) is 1. The van der Waals surface area contributed by atoms with Crippen LogP contribution in [0.5, 0.6) is 0 Å². The number of piperidine rings is 1. The first kappa shape index (κ1) is 15.8. The van der Waals surface area contributed by atoms with E-state index in [0.29, 0.717) is 25.1 Å². The van der Waals surface area contributed by atoms with Crippen LogP contribution < -0.4 is 5.32 Å². The molecule has 2 fully saturated rings. The molecule has 1 saturated carbocycles. The number of aliphatic hydroxyl groups excluding tert-OH is 1. The monoisotopic (exact) mass is 282 g/mol. The second kappa shape index (κ2) is 8.63. The van der Waals surface area contributed by atoms with Crippen molar-refractivity contribution in [3.63, 3.8) is 0 Å². The molecule has 2 rings (SSSR count). The van der Waals surface area contributed by atoms with Crippen LogP contribution in [-0.4, -0.2) is 48.2 Å². The predicted octanol–water partition coefficient (Wildman–Crippen LogP) is 1.92. The van der Waals surface area contributed by atoms with Crippen LogP contribution in [0.25, 0.3) is 0 Å². The van der Waals surface area contributed by atoms with Crippen molar-refractivity contribution < 1.29 is 9.90 Å². The van der Waals surface area contributed by atoms with E-state index in [-0.39, 0.29) is 5.91 Å². The Morgan fingerprint density at radius 2 is 1.60 bits per heavy atom. The van der Waals surface area contributed by atoms with Crippen LogP contribution in [-0.2, 0) is 4.79 Å². The Morgan fingerprint density at radius 3 is 2.20 bits per heavy atom. The Balaban J connectivity index is 1.66. The Labute approximate surface area is 122 Å². The number of aliphatic hydroxyl groups is 1. The van der Waals surface area contributed by atoms with E-state index in [4.69, 9.17) is 5.11 Å². The van der Waals surface area contributed by atoms with Crippen molar-refractivity contribution >= 4 is 5.91 Å². The summed E-state index contributed by atoms with van der Waals surface area (Å²) < 4.78 is 0. The van der Waals surface area contributed by atoms with Crippen LogP contribution in [0.4, 0.5) is 0 Å². The van der Waals surface area contributed by atoms with Gasteiger partial charge in [-0.3, -0.25) is 9.69 Å². The average molecular weight is 282 g/mol. The maximum Gasteiger partial charge on any atom is 0.234 e. The Bertz CT molecular complexity index is 280. The van der Waals surface area contributed by atoms with E-state index in [1.165, 1.54) is 32.1 Å². The number of carbonyl (C=O) groups is 1. The molecule has 0 aromatic heterocycles. The molecule has 1 aliphatic heterocycles. The van der Waals surface area contributed by atoms with Gasteiger partial charge in [0.25, 0.3) is 0 Å². The highest BCUT2D eigenvalue weighted by molar-refractivity contribution is 5.78. The van der Waals surface area contributed by atoms with E-state index in [2.05, 4.69) is 10.2 Å². The molecule has 2 aliphatic rings. The number of carbonyl (C=O) groups excluding carboxylic acids is 1. The van der Waals surface area contributed by atoms with Crippen LogP contribution >= 0.6 is 0 Å². The van der Waals surface area contributed by atoms with Gasteiger partial charge < -0.3 is 10.4 Å². The summed E-state index contributed by atoms with van der Waals surface area (Å²) in [5, 5.41) is 12.4. The highest BCUT2D eigenvalue weighted by Crippen LogP contribution is 2.18. The van der Waals surface area contributed by atoms with Crippen molar-refractivity contribution in [2.45, 2.75) is 63.8 Å². The second-order valence-electron chi connectivity index (χ2n) is 6.51. The minimum absolute atomic E-state index is 0.193. The summed E-state index contributed by atoms with van der Waals surface area (Å²) in [6, 6.07) is 0.401. The van der Waals surface area contributed by atoms with Gasteiger partial charge in [0.15, 0.2) is 0 Å². The smallest absolute Gasteiger partial charge is 0.234 e. The van der Waals surface area contributed by atoms with Gasteiger partial charge in [-0.1, -0.05) is 32.1 Å². The van der Waals surface area contributed by atoms with E-state index in [0.717, 1.165) is 38.8 Å². The molecule has 0 unspecified atom stereocenters. The van der Waals surface area contributed by atoms with E-state index in [9.17, 15) is 4.79 Å². The average Bonchev–Trinajstić information content (AvgIpc) is 2.42. The third kappa shape index (κ3) is 5.41. The fourth-order valence-electron chi connectivity index (χ4n) is 3.40. The molecular formula is C16H30N2O2. The van der Waals surface area contributed by atoms with Crippen LogP contribution in [0.15, 0.2) is 0 Å². The second-order valence-corrected chi connectivity index (χ2v) is 6.51. The lowest BCUT2D eigenvalue weighted by atomic mass is 9.96. The molecule has 4 nitrogen and oxygen atoms in total. The van der Waals surface area contributed by atoms with Crippen molar-refractivity contribution in [3.8, 4) is 0 Å². The zero-order valence-electron chi connectivity index (χ0n) is 12.6. The maximum atomic E-state index is 12.1. The van der Waals surface area contributed by atoms with Gasteiger partial charge in [-0.2, -0.15) is 0 Å². The molecule has 1 heterocycles. The number of hydrogen-bond donors (Lipinski definition) is 2. The van der Waals surface area contributed by atoms with E-state index in [1.807, 2.05) is 0 Å². The summed E-state index contributed by atoms with van der Waals surface area (Å²) in [5.74, 6) is 0.637. The van der Waals surface area contributed by atoms with Gasteiger partial charge in [0.05, 0.1) is 6.54 Å². The van der Waals surface area contributed by atoms with Crippen molar-refractivity contribution in [3.05, 3.63) is 0 Å². The molecule has 0 spiro atoms. The van der Waals surface area contributed by atoms with Crippen LogP contribution in [0.2, 0.25) is 0 Å². The molecule has 20 heavy (non-hydrogen) atoms. The van der Waals surface area contributed by atoms with E-state index < -0.39 is 0 Å². The molecule has 0 atom stereocenters. The van der Waals surface area contributed by atoms with E-state index >= 15 is 0 Å². The van der Waals surface area contributed by atoms with Gasteiger partial charge in [0.1, 0.15) is 0 Å². The first-order chi connectivity index (χ1) is 9.78. The van der Waals surface area contributed by atoms with Crippen LogP contribution in [0.1, 0.15) is 57.8 Å². The van der Waals surface area contributed by atoms with Gasteiger partial charge in [-0.15, -0.1) is 0 Å². The minimum atomic E-state index is 0.193.